The molecule has 3 aromatic carbocycles. The molecule has 6 rings (SSSR count). The topological polar surface area (TPSA) is 175 Å². The minimum Gasteiger partial charge on any atom is -0.507 e. The second kappa shape index (κ2) is 9.52. The van der Waals surface area contributed by atoms with Gasteiger partial charge in [0, 0.05) is 5.92 Å². The van der Waals surface area contributed by atoms with Crippen molar-refractivity contribution >= 4 is 51.5 Å². The monoisotopic (exact) mass is 568 g/mol. The van der Waals surface area contributed by atoms with Gasteiger partial charge in [0.2, 0.25) is 5.91 Å². The van der Waals surface area contributed by atoms with Crippen molar-refractivity contribution in [2.75, 3.05) is 14.1 Å². The minimum absolute atomic E-state index is 0.191. The molecule has 0 spiro atoms. The van der Waals surface area contributed by atoms with Gasteiger partial charge in [0.1, 0.15) is 5.75 Å². The highest BCUT2D eigenvalue weighted by Crippen LogP contribution is 2.54. The fraction of sp³-hybridized carbons (Fsp3) is 0.281. The number of phenols is 1. The van der Waals surface area contributed by atoms with Crippen LogP contribution in [0.15, 0.2) is 60.7 Å². The van der Waals surface area contributed by atoms with E-state index in [1.165, 1.54) is 31.1 Å². The van der Waals surface area contributed by atoms with Gasteiger partial charge >= 0.3 is 0 Å². The predicted octanol–water partition coefficient (Wildman–Crippen LogP) is 0.989. The third-order valence-electron chi connectivity index (χ3n) is 8.97. The molecule has 3 aromatic rings. The van der Waals surface area contributed by atoms with Crippen molar-refractivity contribution in [3.63, 3.8) is 0 Å². The van der Waals surface area contributed by atoms with Crippen LogP contribution in [0.5, 0.6) is 5.75 Å². The number of hydrogen-bond acceptors (Lipinski definition) is 9. The molecule has 3 aliphatic rings. The molecule has 7 unspecified atom stereocenters. The average Bonchev–Trinajstić information content (AvgIpc) is 2.94. The van der Waals surface area contributed by atoms with Crippen molar-refractivity contribution in [2.45, 2.75) is 17.7 Å². The van der Waals surface area contributed by atoms with Gasteiger partial charge in [-0.1, -0.05) is 54.6 Å². The summed E-state index contributed by atoms with van der Waals surface area (Å²) in [5.41, 5.74) is 3.37. The SMILES string of the molecule is CN(C)C1C(=O)C(C(N)=O)C(=O)C2(O)C(=O)C3C(=O)c4c(O)cccc4/C(=C\c4ccc5ccccc5c4)C3C(O)C12. The van der Waals surface area contributed by atoms with Crippen LogP contribution in [0, 0.1) is 23.7 Å². The molecule has 42 heavy (non-hydrogen) atoms. The average molecular weight is 569 g/mol. The number of nitrogens with zero attached hydrogens (tertiary/aromatic N) is 1. The molecule has 7 atom stereocenters. The summed E-state index contributed by atoms with van der Waals surface area (Å²) in [6, 6.07) is 16.2. The van der Waals surface area contributed by atoms with Gasteiger partial charge in [-0.25, -0.2) is 0 Å². The summed E-state index contributed by atoms with van der Waals surface area (Å²) in [4.78, 5) is 68.6. The van der Waals surface area contributed by atoms with Gasteiger partial charge in [-0.15, -0.1) is 0 Å². The first kappa shape index (κ1) is 27.6. The van der Waals surface area contributed by atoms with Crippen molar-refractivity contribution in [3.8, 4) is 5.75 Å². The Kier molecular flexibility index (Phi) is 6.27. The summed E-state index contributed by atoms with van der Waals surface area (Å²) in [6.45, 7) is 0. The van der Waals surface area contributed by atoms with E-state index in [4.69, 9.17) is 5.73 Å². The second-order valence-corrected chi connectivity index (χ2v) is 11.4. The van der Waals surface area contributed by atoms with E-state index in [0.717, 1.165) is 10.8 Å². The van der Waals surface area contributed by atoms with Gasteiger partial charge in [0.15, 0.2) is 34.7 Å². The normalized spacial score (nSPS) is 31.7. The maximum Gasteiger partial charge on any atom is 0.235 e. The summed E-state index contributed by atoms with van der Waals surface area (Å²) in [7, 11) is 2.90. The number of aliphatic hydroxyl groups is 2. The molecule has 3 aliphatic carbocycles. The van der Waals surface area contributed by atoms with E-state index in [2.05, 4.69) is 0 Å². The number of primary amides is 1. The van der Waals surface area contributed by atoms with Crippen LogP contribution in [0.25, 0.3) is 22.4 Å². The van der Waals surface area contributed by atoms with Crippen LogP contribution in [0.1, 0.15) is 21.5 Å². The number of hydrogen-bond donors (Lipinski definition) is 4. The Morgan fingerprint density at radius 2 is 1.64 bits per heavy atom. The molecule has 2 saturated carbocycles. The number of Topliss-reactive ketones (excluding diaryl/α,β-unsaturated/α-hetero) is 4. The molecule has 5 N–H and O–H groups in total. The zero-order chi connectivity index (χ0) is 30.2. The number of likely N-dealkylation sites (N-methyl/N-ethyl adjacent to an activating group) is 1. The quantitative estimate of drug-likeness (QED) is 0.336. The van der Waals surface area contributed by atoms with Crippen LogP contribution < -0.4 is 5.73 Å². The number of aromatic hydroxyl groups is 1. The molecule has 0 radical (unpaired) electrons. The number of benzene rings is 3. The summed E-state index contributed by atoms with van der Waals surface area (Å²) in [6.07, 6.45) is -0.0723. The number of carbonyl (C=O) groups excluding carboxylic acids is 5. The van der Waals surface area contributed by atoms with Crippen LogP contribution in [-0.2, 0) is 19.2 Å². The fourth-order valence-corrected chi connectivity index (χ4v) is 7.15. The number of carbonyl (C=O) groups is 5. The fourth-order valence-electron chi connectivity index (χ4n) is 7.15. The summed E-state index contributed by atoms with van der Waals surface area (Å²) < 4.78 is 0. The van der Waals surface area contributed by atoms with E-state index in [1.54, 1.807) is 12.1 Å². The molecule has 10 nitrogen and oxygen atoms in total. The van der Waals surface area contributed by atoms with E-state index in [9.17, 15) is 39.3 Å². The Labute approximate surface area is 240 Å². The largest absolute Gasteiger partial charge is 0.507 e. The molecular formula is C32H28N2O8. The molecule has 0 aliphatic heterocycles. The standard InChI is InChI=1S/C32H28N2O8/c1-34(2)25-24-27(37)21-18(13-14-10-11-15-6-3-4-7-16(15)12-14)17-8-5-9-19(35)20(17)26(36)22(21)29(39)32(24,42)30(40)23(28(25)38)31(33)41/h3-13,21-25,27,35,37,42H,1-2H3,(H2,33,41)/b18-13+. The third-order valence-corrected chi connectivity index (χ3v) is 8.97. The molecule has 0 saturated heterocycles. The highest BCUT2D eigenvalue weighted by molar-refractivity contribution is 6.33. The summed E-state index contributed by atoms with van der Waals surface area (Å²) in [5.74, 6) is -13.2. The molecule has 0 aromatic heterocycles. The van der Waals surface area contributed by atoms with Gasteiger partial charge in [-0.3, -0.25) is 28.9 Å². The van der Waals surface area contributed by atoms with E-state index in [-0.39, 0.29) is 11.1 Å². The van der Waals surface area contributed by atoms with E-state index >= 15 is 0 Å². The number of nitrogens with two attached hydrogens (primary N) is 1. The van der Waals surface area contributed by atoms with Crippen LogP contribution in [-0.4, -0.2) is 81.1 Å². The zero-order valence-corrected chi connectivity index (χ0v) is 22.7. The van der Waals surface area contributed by atoms with Gasteiger partial charge in [0.05, 0.1) is 29.5 Å². The summed E-state index contributed by atoms with van der Waals surface area (Å²) >= 11 is 0. The van der Waals surface area contributed by atoms with Gasteiger partial charge in [0.25, 0.3) is 0 Å². The zero-order valence-electron chi connectivity index (χ0n) is 22.7. The van der Waals surface area contributed by atoms with Crippen LogP contribution in [0.2, 0.25) is 0 Å². The van der Waals surface area contributed by atoms with Crippen molar-refractivity contribution in [1.82, 2.24) is 4.90 Å². The van der Waals surface area contributed by atoms with Crippen LogP contribution >= 0.6 is 0 Å². The molecule has 214 valence electrons. The number of fused-ring (bicyclic) bond motifs is 4. The number of phenolic OH excluding ortho intramolecular Hbond substituents is 1. The highest BCUT2D eigenvalue weighted by atomic mass is 16.3. The number of rotatable bonds is 3. The number of ketones is 4. The predicted molar refractivity (Wildman–Crippen MR) is 151 cm³/mol. The number of amides is 1. The Hall–Kier alpha value is -4.51. The van der Waals surface area contributed by atoms with E-state index < -0.39 is 76.2 Å². The van der Waals surface area contributed by atoms with Crippen LogP contribution in [0.4, 0.5) is 0 Å². The number of aliphatic hydroxyl groups excluding tert-OH is 1. The molecule has 10 heteroatoms. The van der Waals surface area contributed by atoms with Crippen molar-refractivity contribution in [2.24, 2.45) is 29.4 Å². The highest BCUT2D eigenvalue weighted by Gasteiger charge is 2.72. The third kappa shape index (κ3) is 3.65. The minimum atomic E-state index is -3.06. The van der Waals surface area contributed by atoms with E-state index in [1.807, 2.05) is 42.5 Å². The Morgan fingerprint density at radius 1 is 0.952 bits per heavy atom. The maximum atomic E-state index is 14.2. The Morgan fingerprint density at radius 3 is 2.31 bits per heavy atom. The lowest BCUT2D eigenvalue weighted by atomic mass is 9.50. The molecule has 1 amide bonds. The molecule has 2 fully saturated rings. The lowest BCUT2D eigenvalue weighted by Crippen LogP contribution is -2.77. The van der Waals surface area contributed by atoms with Gasteiger partial charge in [-0.2, -0.15) is 0 Å². The first-order valence-corrected chi connectivity index (χ1v) is 13.4. The molecular weight excluding hydrogens is 540 g/mol. The Balaban J connectivity index is 1.61. The summed E-state index contributed by atoms with van der Waals surface area (Å²) in [5, 5.41) is 36.5. The van der Waals surface area contributed by atoms with Crippen molar-refractivity contribution < 1.29 is 39.3 Å². The lowest BCUT2D eigenvalue weighted by molar-refractivity contribution is -0.192. The van der Waals surface area contributed by atoms with Gasteiger partial charge in [-0.05, 0) is 53.7 Å². The smallest absolute Gasteiger partial charge is 0.235 e. The molecule has 0 bridgehead atoms. The van der Waals surface area contributed by atoms with Gasteiger partial charge < -0.3 is 21.1 Å². The van der Waals surface area contributed by atoms with Crippen molar-refractivity contribution in [3.05, 3.63) is 77.4 Å². The first-order chi connectivity index (χ1) is 19.9. The maximum absolute atomic E-state index is 14.2. The van der Waals surface area contributed by atoms with Crippen molar-refractivity contribution in [1.29, 1.82) is 0 Å². The molecule has 0 heterocycles. The Bertz CT molecular complexity index is 1760. The van der Waals surface area contributed by atoms with Crippen LogP contribution in [0.3, 0.4) is 0 Å². The first-order valence-electron chi connectivity index (χ1n) is 13.4. The van der Waals surface area contributed by atoms with E-state index in [0.29, 0.717) is 11.1 Å². The second-order valence-electron chi connectivity index (χ2n) is 11.4. The lowest BCUT2D eigenvalue weighted by Gasteiger charge is -2.55.